The molecule has 1 unspecified atom stereocenters. The molecule has 0 heterocycles. The van der Waals surface area contributed by atoms with Crippen molar-refractivity contribution in [2.24, 2.45) is 11.8 Å². The minimum Gasteiger partial charge on any atom is -0.481 e. The van der Waals surface area contributed by atoms with Crippen molar-refractivity contribution in [3.63, 3.8) is 0 Å². The summed E-state index contributed by atoms with van der Waals surface area (Å²) in [4.78, 5) is 11.1. The van der Waals surface area contributed by atoms with Gasteiger partial charge in [0.05, 0.1) is 5.92 Å². The quantitative estimate of drug-likeness (QED) is 0.709. The zero-order valence-electron chi connectivity index (χ0n) is 12.1. The van der Waals surface area contributed by atoms with Gasteiger partial charge in [0.1, 0.15) is 0 Å². The first-order chi connectivity index (χ1) is 8.99. The molecule has 0 aliphatic rings. The number of benzene rings is 1. The van der Waals surface area contributed by atoms with Crippen LogP contribution in [0.15, 0.2) is 24.3 Å². The van der Waals surface area contributed by atoms with Gasteiger partial charge in [0, 0.05) is 6.54 Å². The summed E-state index contributed by atoms with van der Waals surface area (Å²) in [5.41, 5.74) is 2.56. The van der Waals surface area contributed by atoms with Crippen molar-refractivity contribution < 1.29 is 9.90 Å². The fourth-order valence-corrected chi connectivity index (χ4v) is 2.22. The molecule has 1 rings (SSSR count). The molecule has 0 radical (unpaired) electrons. The van der Waals surface area contributed by atoms with Crippen LogP contribution in [-0.4, -0.2) is 24.2 Å². The predicted octanol–water partition coefficient (Wildman–Crippen LogP) is 2.87. The molecule has 1 aromatic carbocycles. The van der Waals surface area contributed by atoms with Gasteiger partial charge in [-0.1, -0.05) is 43.7 Å². The maximum atomic E-state index is 11.1. The van der Waals surface area contributed by atoms with Crippen LogP contribution in [0.2, 0.25) is 0 Å². The standard InChI is InChI=1S/C16H25NO2/c1-12(2)9-15(16(18)19)11-17-8-7-14-6-4-5-13(3)10-14/h4-6,10,12,15,17H,7-9,11H2,1-3H3,(H,18,19). The highest BCUT2D eigenvalue weighted by Crippen LogP contribution is 2.11. The lowest BCUT2D eigenvalue weighted by atomic mass is 9.97. The second kappa shape index (κ2) is 7.95. The van der Waals surface area contributed by atoms with Crippen molar-refractivity contribution in [1.29, 1.82) is 0 Å². The average molecular weight is 263 g/mol. The minimum absolute atomic E-state index is 0.280. The maximum absolute atomic E-state index is 11.1. The summed E-state index contributed by atoms with van der Waals surface area (Å²) >= 11 is 0. The van der Waals surface area contributed by atoms with E-state index in [0.29, 0.717) is 12.5 Å². The van der Waals surface area contributed by atoms with Crippen molar-refractivity contribution in [3.05, 3.63) is 35.4 Å². The molecular formula is C16H25NO2. The van der Waals surface area contributed by atoms with E-state index in [9.17, 15) is 4.79 Å². The van der Waals surface area contributed by atoms with Crippen LogP contribution in [0, 0.1) is 18.8 Å². The minimum atomic E-state index is -0.697. The summed E-state index contributed by atoms with van der Waals surface area (Å²) in [6, 6.07) is 8.42. The summed E-state index contributed by atoms with van der Waals surface area (Å²) in [5.74, 6) is -0.561. The van der Waals surface area contributed by atoms with Crippen molar-refractivity contribution >= 4 is 5.97 Å². The molecule has 0 aliphatic heterocycles. The fourth-order valence-electron chi connectivity index (χ4n) is 2.22. The third-order valence-corrected chi connectivity index (χ3v) is 3.17. The Hall–Kier alpha value is -1.35. The van der Waals surface area contributed by atoms with Crippen molar-refractivity contribution in [1.82, 2.24) is 5.32 Å². The van der Waals surface area contributed by atoms with E-state index in [1.165, 1.54) is 11.1 Å². The molecule has 3 heteroatoms. The fraction of sp³-hybridized carbons (Fsp3) is 0.562. The largest absolute Gasteiger partial charge is 0.481 e. The number of hydrogen-bond acceptors (Lipinski definition) is 2. The lowest BCUT2D eigenvalue weighted by Crippen LogP contribution is -2.30. The molecular weight excluding hydrogens is 238 g/mol. The molecule has 2 N–H and O–H groups in total. The Bertz CT molecular complexity index is 401. The lowest BCUT2D eigenvalue weighted by molar-refractivity contribution is -0.142. The summed E-state index contributed by atoms with van der Waals surface area (Å²) in [6.07, 6.45) is 1.67. The number of rotatable bonds is 8. The Morgan fingerprint density at radius 1 is 1.37 bits per heavy atom. The molecule has 0 amide bonds. The van der Waals surface area contributed by atoms with E-state index in [0.717, 1.165) is 19.4 Å². The van der Waals surface area contributed by atoms with Gasteiger partial charge in [0.2, 0.25) is 0 Å². The van der Waals surface area contributed by atoms with Gasteiger partial charge in [0.15, 0.2) is 0 Å². The van der Waals surface area contributed by atoms with Gasteiger partial charge in [-0.15, -0.1) is 0 Å². The smallest absolute Gasteiger partial charge is 0.307 e. The van der Waals surface area contributed by atoms with Crippen LogP contribution >= 0.6 is 0 Å². The second-order valence-corrected chi connectivity index (χ2v) is 5.61. The summed E-state index contributed by atoms with van der Waals surface area (Å²) in [7, 11) is 0. The first-order valence-electron chi connectivity index (χ1n) is 6.98. The molecule has 0 spiro atoms. The first kappa shape index (κ1) is 15.7. The van der Waals surface area contributed by atoms with Crippen LogP contribution in [0.4, 0.5) is 0 Å². The Morgan fingerprint density at radius 2 is 2.11 bits per heavy atom. The number of carboxylic acid groups (broad SMARTS) is 1. The normalized spacial score (nSPS) is 12.6. The number of carbonyl (C=O) groups is 1. The Kier molecular flexibility index (Phi) is 6.57. The highest BCUT2D eigenvalue weighted by Gasteiger charge is 2.17. The predicted molar refractivity (Wildman–Crippen MR) is 78.3 cm³/mol. The van der Waals surface area contributed by atoms with Crippen molar-refractivity contribution in [2.75, 3.05) is 13.1 Å². The summed E-state index contributed by atoms with van der Waals surface area (Å²) in [5, 5.41) is 12.4. The lowest BCUT2D eigenvalue weighted by Gasteiger charge is -2.15. The maximum Gasteiger partial charge on any atom is 0.307 e. The average Bonchev–Trinajstić information content (AvgIpc) is 2.32. The highest BCUT2D eigenvalue weighted by atomic mass is 16.4. The molecule has 3 nitrogen and oxygen atoms in total. The Labute approximate surface area is 116 Å². The van der Waals surface area contributed by atoms with Gasteiger partial charge >= 0.3 is 5.97 Å². The van der Waals surface area contributed by atoms with Crippen molar-refractivity contribution in [2.45, 2.75) is 33.6 Å². The van der Waals surface area contributed by atoms with Gasteiger partial charge in [-0.25, -0.2) is 0 Å². The van der Waals surface area contributed by atoms with E-state index in [1.54, 1.807) is 0 Å². The Balaban J connectivity index is 2.30. The van der Waals surface area contributed by atoms with Crippen LogP contribution in [0.1, 0.15) is 31.4 Å². The molecule has 0 bridgehead atoms. The summed E-state index contributed by atoms with van der Waals surface area (Å²) in [6.45, 7) is 7.58. The summed E-state index contributed by atoms with van der Waals surface area (Å²) < 4.78 is 0. The van der Waals surface area contributed by atoms with E-state index >= 15 is 0 Å². The molecule has 106 valence electrons. The van der Waals surface area contributed by atoms with Crippen LogP contribution in [0.25, 0.3) is 0 Å². The number of carboxylic acids is 1. The van der Waals surface area contributed by atoms with Gasteiger partial charge < -0.3 is 10.4 Å². The van der Waals surface area contributed by atoms with E-state index in [4.69, 9.17) is 5.11 Å². The van der Waals surface area contributed by atoms with Gasteiger partial charge in [-0.2, -0.15) is 0 Å². The SMILES string of the molecule is Cc1cccc(CCNCC(CC(C)C)C(=O)O)c1. The highest BCUT2D eigenvalue weighted by molar-refractivity contribution is 5.70. The van der Waals surface area contributed by atoms with Crippen molar-refractivity contribution in [3.8, 4) is 0 Å². The zero-order valence-corrected chi connectivity index (χ0v) is 12.1. The van der Waals surface area contributed by atoms with E-state index in [-0.39, 0.29) is 5.92 Å². The molecule has 0 saturated carbocycles. The molecule has 1 aromatic rings. The second-order valence-electron chi connectivity index (χ2n) is 5.61. The van der Waals surface area contributed by atoms with Crippen LogP contribution < -0.4 is 5.32 Å². The number of nitrogens with one attached hydrogen (secondary N) is 1. The third-order valence-electron chi connectivity index (χ3n) is 3.17. The van der Waals surface area contributed by atoms with E-state index in [1.807, 2.05) is 0 Å². The van der Waals surface area contributed by atoms with Crippen LogP contribution in [0.3, 0.4) is 0 Å². The topological polar surface area (TPSA) is 49.3 Å². The van der Waals surface area contributed by atoms with Gasteiger partial charge in [-0.3, -0.25) is 4.79 Å². The van der Waals surface area contributed by atoms with Crippen LogP contribution in [-0.2, 0) is 11.2 Å². The number of aryl methyl sites for hydroxylation is 1. The van der Waals surface area contributed by atoms with Gasteiger partial charge in [0.25, 0.3) is 0 Å². The third kappa shape index (κ3) is 6.39. The molecule has 0 saturated heterocycles. The monoisotopic (exact) mass is 263 g/mol. The van der Waals surface area contributed by atoms with E-state index in [2.05, 4.69) is 50.4 Å². The number of aliphatic carboxylic acids is 1. The molecule has 0 aliphatic carbocycles. The van der Waals surface area contributed by atoms with Crippen LogP contribution in [0.5, 0.6) is 0 Å². The zero-order chi connectivity index (χ0) is 14.3. The molecule has 0 aromatic heterocycles. The molecule has 1 atom stereocenters. The van der Waals surface area contributed by atoms with Gasteiger partial charge in [-0.05, 0) is 37.8 Å². The molecule has 19 heavy (non-hydrogen) atoms. The first-order valence-corrected chi connectivity index (χ1v) is 6.98. The molecule has 0 fully saturated rings. The number of hydrogen-bond donors (Lipinski definition) is 2. The van der Waals surface area contributed by atoms with E-state index < -0.39 is 5.97 Å². The Morgan fingerprint density at radius 3 is 2.68 bits per heavy atom.